The zero-order valence-electron chi connectivity index (χ0n) is 14.8. The molecule has 2 aromatic rings. The van der Waals surface area contributed by atoms with Crippen LogP contribution < -0.4 is 9.64 Å². The zero-order chi connectivity index (χ0) is 18.6. The Morgan fingerprint density at radius 3 is 2.48 bits per heavy atom. The van der Waals surface area contributed by atoms with E-state index in [1.807, 2.05) is 32.9 Å². The molecule has 0 saturated carbocycles. The van der Waals surface area contributed by atoms with Crippen molar-refractivity contribution in [2.75, 3.05) is 11.9 Å². The van der Waals surface area contributed by atoms with E-state index in [1.165, 1.54) is 4.90 Å². The lowest BCUT2D eigenvalue weighted by Crippen LogP contribution is -2.21. The first-order chi connectivity index (χ1) is 11.8. The van der Waals surface area contributed by atoms with E-state index in [0.29, 0.717) is 18.5 Å². The van der Waals surface area contributed by atoms with Crippen molar-refractivity contribution in [1.29, 1.82) is 0 Å². The number of hydrogen-bond donors (Lipinski definition) is 0. The molecule has 2 rings (SSSR count). The number of halogens is 3. The molecule has 4 nitrogen and oxygen atoms in total. The third-order valence-corrected chi connectivity index (χ3v) is 3.99. The molecular formula is C18H22F3N3O. The molecule has 0 aliphatic heterocycles. The van der Waals surface area contributed by atoms with Crippen molar-refractivity contribution in [2.45, 2.75) is 45.9 Å². The number of rotatable bonds is 6. The van der Waals surface area contributed by atoms with Crippen LogP contribution in [0.4, 0.5) is 24.7 Å². The van der Waals surface area contributed by atoms with Gasteiger partial charge in [-0.25, -0.2) is 4.98 Å². The highest BCUT2D eigenvalue weighted by molar-refractivity contribution is 5.66. The van der Waals surface area contributed by atoms with Crippen LogP contribution in [0.25, 0.3) is 0 Å². The minimum absolute atomic E-state index is 0.0572. The fourth-order valence-electron chi connectivity index (χ4n) is 2.38. The number of aryl methyl sites for hydroxylation is 1. The summed E-state index contributed by atoms with van der Waals surface area (Å²) in [6.45, 7) is 5.69. The molecule has 25 heavy (non-hydrogen) atoms. The molecule has 0 radical (unpaired) electrons. The minimum atomic E-state index is -4.56. The molecule has 136 valence electrons. The molecule has 1 unspecified atom stereocenters. The normalized spacial score (nSPS) is 12.8. The van der Waals surface area contributed by atoms with Crippen LogP contribution in [-0.4, -0.2) is 23.1 Å². The summed E-state index contributed by atoms with van der Waals surface area (Å²) in [5.74, 6) is -0.221. The van der Waals surface area contributed by atoms with Gasteiger partial charge in [0.05, 0.1) is 6.10 Å². The van der Waals surface area contributed by atoms with Gasteiger partial charge < -0.3 is 9.64 Å². The average molecular weight is 353 g/mol. The molecule has 0 aliphatic carbocycles. The smallest absolute Gasteiger partial charge is 0.421 e. The average Bonchev–Trinajstić information content (AvgIpc) is 2.59. The lowest BCUT2D eigenvalue weighted by Gasteiger charge is -2.25. The van der Waals surface area contributed by atoms with Gasteiger partial charge in [0.25, 0.3) is 0 Å². The Labute approximate surface area is 145 Å². The van der Waals surface area contributed by atoms with Gasteiger partial charge in [-0.1, -0.05) is 32.0 Å². The summed E-state index contributed by atoms with van der Waals surface area (Å²) < 4.78 is 45.8. The van der Waals surface area contributed by atoms with E-state index in [-0.39, 0.29) is 17.9 Å². The second kappa shape index (κ2) is 7.72. The third kappa shape index (κ3) is 4.41. The summed E-state index contributed by atoms with van der Waals surface area (Å²) in [6, 6.07) is 7.25. The molecule has 1 atom stereocenters. The van der Waals surface area contributed by atoms with Gasteiger partial charge in [0, 0.05) is 18.9 Å². The largest absolute Gasteiger partial charge is 0.460 e. The molecule has 0 amide bonds. The highest BCUT2D eigenvalue weighted by atomic mass is 19.4. The number of ether oxygens (including phenoxy) is 1. The number of benzene rings is 1. The SMILES string of the molecule is CCc1ccccc1N(C)c1nc(OC(C)CC)ncc1C(F)(F)F. The minimum Gasteiger partial charge on any atom is -0.460 e. The van der Waals surface area contributed by atoms with Crippen molar-refractivity contribution in [1.82, 2.24) is 9.97 Å². The van der Waals surface area contributed by atoms with E-state index >= 15 is 0 Å². The Bertz CT molecular complexity index is 719. The number of aromatic nitrogens is 2. The molecule has 0 bridgehead atoms. The molecule has 7 heteroatoms. The van der Waals surface area contributed by atoms with E-state index in [0.717, 1.165) is 11.8 Å². The van der Waals surface area contributed by atoms with Gasteiger partial charge in [0.2, 0.25) is 0 Å². The molecule has 0 saturated heterocycles. The van der Waals surface area contributed by atoms with Gasteiger partial charge in [-0.15, -0.1) is 0 Å². The van der Waals surface area contributed by atoms with Crippen LogP contribution in [0.2, 0.25) is 0 Å². The maximum Gasteiger partial charge on any atom is 0.421 e. The predicted octanol–water partition coefficient (Wildman–Crippen LogP) is 5.00. The highest BCUT2D eigenvalue weighted by Gasteiger charge is 2.37. The maximum atomic E-state index is 13.4. The lowest BCUT2D eigenvalue weighted by atomic mass is 10.1. The van der Waals surface area contributed by atoms with Gasteiger partial charge in [0.1, 0.15) is 5.56 Å². The van der Waals surface area contributed by atoms with Crippen molar-refractivity contribution in [3.63, 3.8) is 0 Å². The fourth-order valence-corrected chi connectivity index (χ4v) is 2.38. The Balaban J connectivity index is 2.53. The van der Waals surface area contributed by atoms with Gasteiger partial charge >= 0.3 is 12.2 Å². The number of anilines is 2. The van der Waals surface area contributed by atoms with Crippen molar-refractivity contribution in [2.24, 2.45) is 0 Å². The summed E-state index contributed by atoms with van der Waals surface area (Å²) in [5, 5.41) is 0. The second-order valence-electron chi connectivity index (χ2n) is 5.77. The van der Waals surface area contributed by atoms with Crippen LogP contribution in [0.1, 0.15) is 38.3 Å². The number of hydrogen-bond acceptors (Lipinski definition) is 4. The molecule has 0 N–H and O–H groups in total. The van der Waals surface area contributed by atoms with Crippen LogP contribution in [-0.2, 0) is 12.6 Å². The monoisotopic (exact) mass is 353 g/mol. The number of alkyl halides is 3. The molecular weight excluding hydrogens is 331 g/mol. The van der Waals surface area contributed by atoms with Crippen molar-refractivity contribution in [3.8, 4) is 6.01 Å². The predicted molar refractivity (Wildman–Crippen MR) is 91.3 cm³/mol. The Morgan fingerprint density at radius 2 is 1.88 bits per heavy atom. The summed E-state index contributed by atoms with van der Waals surface area (Å²) in [7, 11) is 1.57. The Kier molecular flexibility index (Phi) is 5.87. The summed E-state index contributed by atoms with van der Waals surface area (Å²) in [4.78, 5) is 9.22. The summed E-state index contributed by atoms with van der Waals surface area (Å²) >= 11 is 0. The Hall–Kier alpha value is -2.31. The zero-order valence-corrected chi connectivity index (χ0v) is 14.8. The summed E-state index contributed by atoms with van der Waals surface area (Å²) in [6.07, 6.45) is -2.56. The molecule has 1 aromatic heterocycles. The molecule has 0 fully saturated rings. The fraction of sp³-hybridized carbons (Fsp3) is 0.444. The van der Waals surface area contributed by atoms with Gasteiger partial charge in [-0.2, -0.15) is 18.2 Å². The van der Waals surface area contributed by atoms with Crippen LogP contribution in [0.5, 0.6) is 6.01 Å². The lowest BCUT2D eigenvalue weighted by molar-refractivity contribution is -0.137. The van der Waals surface area contributed by atoms with E-state index in [2.05, 4.69) is 9.97 Å². The number of nitrogens with zero attached hydrogens (tertiary/aromatic N) is 3. The van der Waals surface area contributed by atoms with Crippen LogP contribution in [0.3, 0.4) is 0 Å². The van der Waals surface area contributed by atoms with Gasteiger partial charge in [-0.05, 0) is 31.4 Å². The first-order valence-corrected chi connectivity index (χ1v) is 8.20. The van der Waals surface area contributed by atoms with E-state index < -0.39 is 11.7 Å². The topological polar surface area (TPSA) is 38.2 Å². The quantitative estimate of drug-likeness (QED) is 0.732. The van der Waals surface area contributed by atoms with E-state index in [4.69, 9.17) is 4.74 Å². The van der Waals surface area contributed by atoms with Crippen LogP contribution >= 0.6 is 0 Å². The molecule has 0 spiro atoms. The molecule has 0 aliphatic rings. The molecule has 1 aromatic carbocycles. The number of para-hydroxylation sites is 1. The van der Waals surface area contributed by atoms with Crippen molar-refractivity contribution >= 4 is 11.5 Å². The first kappa shape index (κ1) is 19.0. The first-order valence-electron chi connectivity index (χ1n) is 8.20. The van der Waals surface area contributed by atoms with Crippen LogP contribution in [0.15, 0.2) is 30.5 Å². The van der Waals surface area contributed by atoms with Gasteiger partial charge in [0.15, 0.2) is 5.82 Å². The Morgan fingerprint density at radius 1 is 1.20 bits per heavy atom. The standard InChI is InChI=1S/C18H22F3N3O/c1-5-12(3)25-17-22-11-14(18(19,20)21)16(23-17)24(4)15-10-8-7-9-13(15)6-2/h7-12H,5-6H2,1-4H3. The maximum absolute atomic E-state index is 13.4. The highest BCUT2D eigenvalue weighted by Crippen LogP contribution is 2.38. The summed E-state index contributed by atoms with van der Waals surface area (Å²) in [5.41, 5.74) is 0.710. The van der Waals surface area contributed by atoms with Gasteiger partial charge in [-0.3, -0.25) is 0 Å². The van der Waals surface area contributed by atoms with Crippen LogP contribution in [0, 0.1) is 0 Å². The van der Waals surface area contributed by atoms with Crippen molar-refractivity contribution in [3.05, 3.63) is 41.6 Å². The van der Waals surface area contributed by atoms with E-state index in [1.54, 1.807) is 19.2 Å². The third-order valence-electron chi connectivity index (χ3n) is 3.99. The van der Waals surface area contributed by atoms with Crippen molar-refractivity contribution < 1.29 is 17.9 Å². The van der Waals surface area contributed by atoms with E-state index in [9.17, 15) is 13.2 Å². The molecule has 1 heterocycles. The second-order valence-corrected chi connectivity index (χ2v) is 5.77.